The van der Waals surface area contributed by atoms with Gasteiger partial charge in [0.15, 0.2) is 0 Å². The lowest BCUT2D eigenvalue weighted by molar-refractivity contribution is 1.41. The molecule has 2 aromatic rings. The van der Waals surface area contributed by atoms with Crippen molar-refractivity contribution in [1.82, 2.24) is 0 Å². The molecule has 0 aliphatic carbocycles. The van der Waals surface area contributed by atoms with E-state index in [-0.39, 0.29) is 0 Å². The van der Waals surface area contributed by atoms with Crippen molar-refractivity contribution < 1.29 is 0 Å². The number of hydrogen-bond acceptors (Lipinski definition) is 3. The molecule has 0 spiro atoms. The Labute approximate surface area is 101 Å². The van der Waals surface area contributed by atoms with E-state index in [0.717, 1.165) is 22.6 Å². The monoisotopic (exact) mass is 223 g/mol. The molecule has 3 heteroatoms. The molecular formula is C14H13N3. The van der Waals surface area contributed by atoms with Crippen molar-refractivity contribution in [2.75, 3.05) is 11.1 Å². The molecule has 0 aliphatic heterocycles. The van der Waals surface area contributed by atoms with Crippen LogP contribution in [0.3, 0.4) is 0 Å². The summed E-state index contributed by atoms with van der Waals surface area (Å²) in [4.78, 5) is 0. The van der Waals surface area contributed by atoms with Gasteiger partial charge in [0.25, 0.3) is 0 Å². The Morgan fingerprint density at radius 3 is 2.53 bits per heavy atom. The minimum absolute atomic E-state index is 0.620. The molecule has 0 heterocycles. The van der Waals surface area contributed by atoms with E-state index >= 15 is 0 Å². The summed E-state index contributed by atoms with van der Waals surface area (Å²) in [5, 5.41) is 12.2. The first-order chi connectivity index (χ1) is 8.22. The highest BCUT2D eigenvalue weighted by Gasteiger charge is 2.04. The van der Waals surface area contributed by atoms with Crippen molar-refractivity contribution in [3.05, 3.63) is 53.6 Å². The van der Waals surface area contributed by atoms with Gasteiger partial charge in [-0.05, 0) is 36.8 Å². The number of nitrogens with one attached hydrogen (secondary N) is 1. The standard InChI is InChI=1S/C14H13N3/c1-10-12(16)6-4-8-13(10)17-14-7-3-2-5-11(14)9-15/h2-8,17H,16H2,1H3. The normalized spacial score (nSPS) is 9.65. The van der Waals surface area contributed by atoms with Gasteiger partial charge in [0, 0.05) is 11.4 Å². The number of para-hydroxylation sites is 1. The summed E-state index contributed by atoms with van der Waals surface area (Å²) in [7, 11) is 0. The van der Waals surface area contributed by atoms with Crippen LogP contribution < -0.4 is 11.1 Å². The molecule has 2 rings (SSSR count). The lowest BCUT2D eigenvalue weighted by Crippen LogP contribution is -1.98. The van der Waals surface area contributed by atoms with Crippen LogP contribution in [-0.4, -0.2) is 0 Å². The number of hydrogen-bond donors (Lipinski definition) is 2. The predicted molar refractivity (Wildman–Crippen MR) is 70.0 cm³/mol. The SMILES string of the molecule is Cc1c(N)cccc1Nc1ccccc1C#N. The number of benzene rings is 2. The van der Waals surface area contributed by atoms with Gasteiger partial charge < -0.3 is 11.1 Å². The van der Waals surface area contributed by atoms with E-state index in [4.69, 9.17) is 11.0 Å². The first-order valence-electron chi connectivity index (χ1n) is 5.33. The zero-order chi connectivity index (χ0) is 12.3. The van der Waals surface area contributed by atoms with Crippen molar-refractivity contribution in [2.24, 2.45) is 0 Å². The highest BCUT2D eigenvalue weighted by atomic mass is 14.9. The number of nitrogens with zero attached hydrogens (tertiary/aromatic N) is 1. The van der Waals surface area contributed by atoms with Crippen molar-refractivity contribution >= 4 is 17.1 Å². The van der Waals surface area contributed by atoms with Gasteiger partial charge in [-0.25, -0.2) is 0 Å². The zero-order valence-electron chi connectivity index (χ0n) is 9.57. The first-order valence-corrected chi connectivity index (χ1v) is 5.33. The molecule has 0 aliphatic rings. The van der Waals surface area contributed by atoms with Gasteiger partial charge in [0.1, 0.15) is 6.07 Å². The molecule has 3 N–H and O–H groups in total. The van der Waals surface area contributed by atoms with Gasteiger partial charge in [-0.2, -0.15) is 5.26 Å². The van der Waals surface area contributed by atoms with E-state index in [1.807, 2.05) is 43.3 Å². The molecule has 3 nitrogen and oxygen atoms in total. The second kappa shape index (κ2) is 4.58. The summed E-state index contributed by atoms with van der Waals surface area (Å²) >= 11 is 0. The molecule has 0 saturated carbocycles. The van der Waals surface area contributed by atoms with Crippen molar-refractivity contribution in [1.29, 1.82) is 5.26 Å². The number of nitriles is 1. The smallest absolute Gasteiger partial charge is 0.101 e. The lowest BCUT2D eigenvalue weighted by atomic mass is 10.1. The Kier molecular flexibility index (Phi) is 2.97. The molecule has 0 amide bonds. The fourth-order valence-corrected chi connectivity index (χ4v) is 1.62. The molecule has 84 valence electrons. The molecule has 0 atom stereocenters. The van der Waals surface area contributed by atoms with Gasteiger partial charge in [-0.1, -0.05) is 18.2 Å². The fourth-order valence-electron chi connectivity index (χ4n) is 1.62. The van der Waals surface area contributed by atoms with Gasteiger partial charge in [-0.15, -0.1) is 0 Å². The highest BCUT2D eigenvalue weighted by molar-refractivity contribution is 5.72. The van der Waals surface area contributed by atoms with Gasteiger partial charge in [0.2, 0.25) is 0 Å². The lowest BCUT2D eigenvalue weighted by Gasteiger charge is -2.12. The minimum atomic E-state index is 0.620. The first kappa shape index (κ1) is 11.0. The van der Waals surface area contributed by atoms with Gasteiger partial charge >= 0.3 is 0 Å². The summed E-state index contributed by atoms with van der Waals surface area (Å²) in [6, 6.07) is 15.2. The summed E-state index contributed by atoms with van der Waals surface area (Å²) in [6.07, 6.45) is 0. The summed E-state index contributed by atoms with van der Waals surface area (Å²) in [6.45, 7) is 1.95. The van der Waals surface area contributed by atoms with Crippen LogP contribution in [0.15, 0.2) is 42.5 Å². The molecule has 17 heavy (non-hydrogen) atoms. The Balaban J connectivity index is 2.39. The van der Waals surface area contributed by atoms with Crippen LogP contribution in [0.25, 0.3) is 0 Å². The van der Waals surface area contributed by atoms with E-state index in [0.29, 0.717) is 5.56 Å². The summed E-state index contributed by atoms with van der Waals surface area (Å²) < 4.78 is 0. The number of anilines is 3. The number of nitrogen functional groups attached to an aromatic ring is 1. The van der Waals surface area contributed by atoms with Crippen molar-refractivity contribution in [3.63, 3.8) is 0 Å². The van der Waals surface area contributed by atoms with Crippen molar-refractivity contribution in [3.8, 4) is 6.07 Å². The zero-order valence-corrected chi connectivity index (χ0v) is 9.57. The summed E-state index contributed by atoms with van der Waals surface area (Å²) in [5.74, 6) is 0. The molecule has 2 aromatic carbocycles. The molecule has 0 radical (unpaired) electrons. The molecule has 0 bridgehead atoms. The highest BCUT2D eigenvalue weighted by Crippen LogP contribution is 2.25. The molecular weight excluding hydrogens is 210 g/mol. The maximum Gasteiger partial charge on any atom is 0.101 e. The fraction of sp³-hybridized carbons (Fsp3) is 0.0714. The third-order valence-corrected chi connectivity index (χ3v) is 2.69. The predicted octanol–water partition coefficient (Wildman–Crippen LogP) is 3.19. The second-order valence-corrected chi connectivity index (χ2v) is 3.80. The third-order valence-electron chi connectivity index (χ3n) is 2.69. The maximum absolute atomic E-state index is 9.01. The second-order valence-electron chi connectivity index (χ2n) is 3.80. The van der Waals surface area contributed by atoms with Gasteiger partial charge in [0.05, 0.1) is 11.3 Å². The van der Waals surface area contributed by atoms with Crippen LogP contribution in [0.5, 0.6) is 0 Å². The average molecular weight is 223 g/mol. The Morgan fingerprint density at radius 2 is 1.76 bits per heavy atom. The molecule has 0 aromatic heterocycles. The van der Waals surface area contributed by atoms with E-state index in [2.05, 4.69) is 11.4 Å². The number of rotatable bonds is 2. The summed E-state index contributed by atoms with van der Waals surface area (Å²) in [5.41, 5.74) is 9.91. The largest absolute Gasteiger partial charge is 0.398 e. The van der Waals surface area contributed by atoms with Crippen LogP contribution in [0.4, 0.5) is 17.1 Å². The van der Waals surface area contributed by atoms with E-state index in [9.17, 15) is 0 Å². The minimum Gasteiger partial charge on any atom is -0.398 e. The third kappa shape index (κ3) is 2.21. The van der Waals surface area contributed by atoms with Crippen LogP contribution in [-0.2, 0) is 0 Å². The van der Waals surface area contributed by atoms with E-state index < -0.39 is 0 Å². The topological polar surface area (TPSA) is 61.8 Å². The van der Waals surface area contributed by atoms with E-state index in [1.54, 1.807) is 6.07 Å². The quantitative estimate of drug-likeness (QED) is 0.768. The Morgan fingerprint density at radius 1 is 1.06 bits per heavy atom. The average Bonchev–Trinajstić information content (AvgIpc) is 2.35. The van der Waals surface area contributed by atoms with Crippen LogP contribution in [0.2, 0.25) is 0 Å². The Bertz CT molecular complexity index is 582. The Hall–Kier alpha value is -2.47. The van der Waals surface area contributed by atoms with Crippen molar-refractivity contribution in [2.45, 2.75) is 6.92 Å². The molecule has 0 fully saturated rings. The van der Waals surface area contributed by atoms with Gasteiger partial charge in [-0.3, -0.25) is 0 Å². The maximum atomic E-state index is 9.01. The number of nitrogens with two attached hydrogens (primary N) is 1. The van der Waals surface area contributed by atoms with Crippen LogP contribution >= 0.6 is 0 Å². The molecule has 0 saturated heterocycles. The van der Waals surface area contributed by atoms with Crippen LogP contribution in [0.1, 0.15) is 11.1 Å². The van der Waals surface area contributed by atoms with E-state index in [1.165, 1.54) is 0 Å². The van der Waals surface area contributed by atoms with Crippen LogP contribution in [0, 0.1) is 18.3 Å². The molecule has 0 unspecified atom stereocenters.